The summed E-state index contributed by atoms with van der Waals surface area (Å²) >= 11 is 0. The lowest BCUT2D eigenvalue weighted by Crippen LogP contribution is -2.18. The maximum Gasteiger partial charge on any atom is 0.0729 e. The highest BCUT2D eigenvalue weighted by Gasteiger charge is 2.10. The van der Waals surface area contributed by atoms with Gasteiger partial charge in [-0.1, -0.05) is 36.9 Å². The molecule has 1 nitrogen and oxygen atoms in total. The van der Waals surface area contributed by atoms with Gasteiger partial charge in [0.2, 0.25) is 0 Å². The maximum absolute atomic E-state index is 5.71. The van der Waals surface area contributed by atoms with Crippen molar-refractivity contribution in [1.82, 2.24) is 0 Å². The standard InChI is InChI=1S/C13H18O/c1-5-11-8-6-7-9-12(11)10-14-13(2,3)4/h5-9H,1,10H2,2-4H3. The normalized spacial score (nSPS) is 11.4. The molecule has 0 amide bonds. The van der Waals surface area contributed by atoms with Crippen LogP contribution in [0, 0.1) is 0 Å². The van der Waals surface area contributed by atoms with Gasteiger partial charge in [-0.2, -0.15) is 0 Å². The second kappa shape index (κ2) is 4.43. The van der Waals surface area contributed by atoms with Crippen LogP contribution in [0.25, 0.3) is 6.08 Å². The van der Waals surface area contributed by atoms with E-state index < -0.39 is 0 Å². The van der Waals surface area contributed by atoms with Gasteiger partial charge in [0.15, 0.2) is 0 Å². The van der Waals surface area contributed by atoms with Crippen molar-refractivity contribution in [1.29, 1.82) is 0 Å². The van der Waals surface area contributed by atoms with Crippen LogP contribution < -0.4 is 0 Å². The first-order chi connectivity index (χ1) is 6.53. The maximum atomic E-state index is 5.71. The fraction of sp³-hybridized carbons (Fsp3) is 0.385. The van der Waals surface area contributed by atoms with Crippen molar-refractivity contribution < 1.29 is 4.74 Å². The van der Waals surface area contributed by atoms with Crippen LogP contribution in [0.2, 0.25) is 0 Å². The van der Waals surface area contributed by atoms with E-state index in [0.29, 0.717) is 6.61 Å². The van der Waals surface area contributed by atoms with E-state index in [1.165, 1.54) is 5.56 Å². The van der Waals surface area contributed by atoms with Gasteiger partial charge in [-0.05, 0) is 31.9 Å². The van der Waals surface area contributed by atoms with Crippen LogP contribution in [0.3, 0.4) is 0 Å². The zero-order chi connectivity index (χ0) is 10.6. The van der Waals surface area contributed by atoms with Crippen LogP contribution >= 0.6 is 0 Å². The molecule has 14 heavy (non-hydrogen) atoms. The summed E-state index contributed by atoms with van der Waals surface area (Å²) in [7, 11) is 0. The Morgan fingerprint density at radius 2 is 1.93 bits per heavy atom. The van der Waals surface area contributed by atoms with Gasteiger partial charge < -0.3 is 4.74 Å². The Kier molecular flexibility index (Phi) is 3.48. The van der Waals surface area contributed by atoms with E-state index in [1.54, 1.807) is 0 Å². The third-order valence-corrected chi connectivity index (χ3v) is 1.94. The number of rotatable bonds is 3. The van der Waals surface area contributed by atoms with E-state index in [9.17, 15) is 0 Å². The topological polar surface area (TPSA) is 9.23 Å². The first-order valence-electron chi connectivity index (χ1n) is 4.87. The molecule has 1 aromatic carbocycles. The van der Waals surface area contributed by atoms with Gasteiger partial charge in [-0.25, -0.2) is 0 Å². The van der Waals surface area contributed by atoms with Gasteiger partial charge in [0.25, 0.3) is 0 Å². The zero-order valence-electron chi connectivity index (χ0n) is 9.21. The number of hydrogen-bond acceptors (Lipinski definition) is 1. The minimum absolute atomic E-state index is 0.0890. The number of benzene rings is 1. The van der Waals surface area contributed by atoms with E-state index in [-0.39, 0.29) is 5.60 Å². The van der Waals surface area contributed by atoms with Gasteiger partial charge in [0.1, 0.15) is 0 Å². The van der Waals surface area contributed by atoms with Gasteiger partial charge in [-0.15, -0.1) is 0 Å². The Bertz CT molecular complexity index is 307. The van der Waals surface area contributed by atoms with Crippen LogP contribution in [0.1, 0.15) is 31.9 Å². The molecular formula is C13H18O. The quantitative estimate of drug-likeness (QED) is 0.707. The Balaban J connectivity index is 2.71. The van der Waals surface area contributed by atoms with Crippen LogP contribution in [0.15, 0.2) is 30.8 Å². The van der Waals surface area contributed by atoms with E-state index in [0.717, 1.165) is 5.56 Å². The fourth-order valence-electron chi connectivity index (χ4n) is 1.16. The summed E-state index contributed by atoms with van der Waals surface area (Å²) in [6.07, 6.45) is 1.86. The Hall–Kier alpha value is -1.08. The van der Waals surface area contributed by atoms with Crippen molar-refractivity contribution >= 4 is 6.08 Å². The second-order valence-corrected chi connectivity index (χ2v) is 4.30. The van der Waals surface area contributed by atoms with Gasteiger partial charge in [0.05, 0.1) is 12.2 Å². The van der Waals surface area contributed by atoms with Crippen molar-refractivity contribution in [2.75, 3.05) is 0 Å². The molecule has 0 aromatic heterocycles. The minimum atomic E-state index is -0.0890. The summed E-state index contributed by atoms with van der Waals surface area (Å²) in [5.41, 5.74) is 2.25. The van der Waals surface area contributed by atoms with E-state index >= 15 is 0 Å². The molecule has 1 heteroatoms. The summed E-state index contributed by atoms with van der Waals surface area (Å²) < 4.78 is 5.71. The predicted octanol–water partition coefficient (Wildman–Crippen LogP) is 3.64. The Morgan fingerprint density at radius 3 is 2.50 bits per heavy atom. The van der Waals surface area contributed by atoms with Crippen LogP contribution in [0.5, 0.6) is 0 Å². The molecule has 0 fully saturated rings. The summed E-state index contributed by atoms with van der Waals surface area (Å²) in [4.78, 5) is 0. The lowest BCUT2D eigenvalue weighted by atomic mass is 10.1. The summed E-state index contributed by atoms with van der Waals surface area (Å²) in [5.74, 6) is 0. The molecule has 0 saturated heterocycles. The van der Waals surface area contributed by atoms with Crippen molar-refractivity contribution in [3.8, 4) is 0 Å². The largest absolute Gasteiger partial charge is 0.371 e. The first-order valence-corrected chi connectivity index (χ1v) is 4.87. The predicted molar refractivity (Wildman–Crippen MR) is 61.1 cm³/mol. The molecule has 1 rings (SSSR count). The van der Waals surface area contributed by atoms with Gasteiger partial charge in [-0.3, -0.25) is 0 Å². The highest BCUT2D eigenvalue weighted by Crippen LogP contribution is 2.15. The molecule has 0 N–H and O–H groups in total. The van der Waals surface area contributed by atoms with E-state index in [1.807, 2.05) is 24.3 Å². The molecule has 1 aromatic rings. The molecule has 76 valence electrons. The van der Waals surface area contributed by atoms with E-state index in [2.05, 4.69) is 33.4 Å². The molecule has 0 atom stereocenters. The molecule has 0 heterocycles. The Morgan fingerprint density at radius 1 is 1.29 bits per heavy atom. The molecule has 0 aliphatic rings. The SMILES string of the molecule is C=Cc1ccccc1COC(C)(C)C. The highest BCUT2D eigenvalue weighted by atomic mass is 16.5. The molecule has 0 bridgehead atoms. The molecule has 0 aliphatic carbocycles. The second-order valence-electron chi connectivity index (χ2n) is 4.30. The van der Waals surface area contributed by atoms with Crippen LogP contribution in [-0.4, -0.2) is 5.60 Å². The first kappa shape index (κ1) is 11.0. The molecule has 0 spiro atoms. The Labute approximate surface area is 86.4 Å². The lowest BCUT2D eigenvalue weighted by Gasteiger charge is -2.20. The van der Waals surface area contributed by atoms with Crippen molar-refractivity contribution in [2.24, 2.45) is 0 Å². The summed E-state index contributed by atoms with van der Waals surface area (Å²) in [6, 6.07) is 8.16. The average Bonchev–Trinajstić information content (AvgIpc) is 2.14. The molecule has 0 unspecified atom stereocenters. The van der Waals surface area contributed by atoms with Crippen LogP contribution in [0.4, 0.5) is 0 Å². The average molecular weight is 190 g/mol. The molecule has 0 radical (unpaired) electrons. The van der Waals surface area contributed by atoms with Crippen molar-refractivity contribution in [3.05, 3.63) is 42.0 Å². The zero-order valence-corrected chi connectivity index (χ0v) is 9.21. The number of ether oxygens (including phenoxy) is 1. The third kappa shape index (κ3) is 3.35. The molecule has 0 aliphatic heterocycles. The molecule has 0 saturated carbocycles. The smallest absolute Gasteiger partial charge is 0.0729 e. The van der Waals surface area contributed by atoms with Crippen molar-refractivity contribution in [2.45, 2.75) is 33.0 Å². The third-order valence-electron chi connectivity index (χ3n) is 1.94. The van der Waals surface area contributed by atoms with Crippen molar-refractivity contribution in [3.63, 3.8) is 0 Å². The van der Waals surface area contributed by atoms with Gasteiger partial charge in [0, 0.05) is 0 Å². The van der Waals surface area contributed by atoms with Gasteiger partial charge >= 0.3 is 0 Å². The summed E-state index contributed by atoms with van der Waals surface area (Å²) in [6.45, 7) is 10.6. The lowest BCUT2D eigenvalue weighted by molar-refractivity contribution is -0.0150. The highest BCUT2D eigenvalue weighted by molar-refractivity contribution is 5.51. The molecular weight excluding hydrogens is 172 g/mol. The van der Waals surface area contributed by atoms with E-state index in [4.69, 9.17) is 4.74 Å². The fourth-order valence-corrected chi connectivity index (χ4v) is 1.16. The van der Waals surface area contributed by atoms with Crippen LogP contribution in [-0.2, 0) is 11.3 Å². The number of hydrogen-bond donors (Lipinski definition) is 0. The minimum Gasteiger partial charge on any atom is -0.371 e. The monoisotopic (exact) mass is 190 g/mol. The summed E-state index contributed by atoms with van der Waals surface area (Å²) in [5, 5.41) is 0.